The molecule has 1 N–H and O–H groups in total. The number of hydrogen-bond acceptors (Lipinski definition) is 4. The molecular weight excluding hydrogens is 362 g/mol. The molecule has 1 heterocycles. The fourth-order valence-electron chi connectivity index (χ4n) is 3.22. The molecule has 2 aromatic carbocycles. The van der Waals surface area contributed by atoms with Gasteiger partial charge in [-0.3, -0.25) is 9.69 Å². The summed E-state index contributed by atoms with van der Waals surface area (Å²) in [5.41, 5.74) is 3.08. The Kier molecular flexibility index (Phi) is 6.26. The van der Waals surface area contributed by atoms with Gasteiger partial charge < -0.3 is 5.32 Å². The SMILES string of the molecule is CS(=O)(=O)N1CCN(CC(=O)Nc2ccccc2Cc2ccccc2)CC1. The Morgan fingerprint density at radius 2 is 1.59 bits per heavy atom. The van der Waals surface area contributed by atoms with Crippen molar-refractivity contribution in [3.63, 3.8) is 0 Å². The highest BCUT2D eigenvalue weighted by atomic mass is 32.2. The van der Waals surface area contributed by atoms with Crippen molar-refractivity contribution < 1.29 is 13.2 Å². The normalized spacial score (nSPS) is 16.2. The van der Waals surface area contributed by atoms with Crippen LogP contribution in [0.4, 0.5) is 5.69 Å². The number of nitrogens with zero attached hydrogens (tertiary/aromatic N) is 2. The van der Waals surface area contributed by atoms with E-state index in [9.17, 15) is 13.2 Å². The quantitative estimate of drug-likeness (QED) is 0.821. The molecular formula is C20H25N3O3S. The molecule has 0 radical (unpaired) electrons. The van der Waals surface area contributed by atoms with Crippen molar-refractivity contribution in [2.75, 3.05) is 44.3 Å². The third-order valence-corrected chi connectivity index (χ3v) is 6.00. The molecule has 1 aliphatic heterocycles. The fourth-order valence-corrected chi connectivity index (χ4v) is 4.05. The molecule has 0 spiro atoms. The zero-order valence-corrected chi connectivity index (χ0v) is 16.3. The summed E-state index contributed by atoms with van der Waals surface area (Å²) in [5, 5.41) is 3.01. The van der Waals surface area contributed by atoms with Gasteiger partial charge in [0, 0.05) is 31.9 Å². The third kappa shape index (κ3) is 5.63. The third-order valence-electron chi connectivity index (χ3n) is 4.70. The average molecular weight is 388 g/mol. The molecule has 0 aliphatic carbocycles. The molecule has 1 saturated heterocycles. The Morgan fingerprint density at radius 3 is 2.26 bits per heavy atom. The number of carbonyl (C=O) groups is 1. The van der Waals surface area contributed by atoms with Crippen LogP contribution in [0.15, 0.2) is 54.6 Å². The summed E-state index contributed by atoms with van der Waals surface area (Å²) in [5.74, 6) is -0.0803. The molecule has 0 saturated carbocycles. The molecule has 6 nitrogen and oxygen atoms in total. The lowest BCUT2D eigenvalue weighted by atomic mass is 10.0. The van der Waals surface area contributed by atoms with Crippen LogP contribution >= 0.6 is 0 Å². The van der Waals surface area contributed by atoms with E-state index in [1.807, 2.05) is 47.4 Å². The number of anilines is 1. The maximum Gasteiger partial charge on any atom is 0.238 e. The summed E-state index contributed by atoms with van der Waals surface area (Å²) >= 11 is 0. The summed E-state index contributed by atoms with van der Waals surface area (Å²) in [6, 6.07) is 18.0. The van der Waals surface area contributed by atoms with E-state index in [0.717, 1.165) is 17.7 Å². The van der Waals surface area contributed by atoms with Crippen molar-refractivity contribution >= 4 is 21.6 Å². The summed E-state index contributed by atoms with van der Waals surface area (Å²) in [6.07, 6.45) is 1.98. The minimum atomic E-state index is -3.16. The van der Waals surface area contributed by atoms with Gasteiger partial charge in [-0.25, -0.2) is 8.42 Å². The first kappa shape index (κ1) is 19.5. The molecule has 1 aliphatic rings. The highest BCUT2D eigenvalue weighted by Crippen LogP contribution is 2.19. The van der Waals surface area contributed by atoms with Crippen molar-refractivity contribution in [2.45, 2.75) is 6.42 Å². The van der Waals surface area contributed by atoms with E-state index in [2.05, 4.69) is 17.4 Å². The number of sulfonamides is 1. The molecule has 0 unspecified atom stereocenters. The van der Waals surface area contributed by atoms with Gasteiger partial charge in [-0.05, 0) is 23.6 Å². The van der Waals surface area contributed by atoms with Gasteiger partial charge in [0.25, 0.3) is 0 Å². The first-order valence-corrected chi connectivity index (χ1v) is 10.9. The van der Waals surface area contributed by atoms with Crippen LogP contribution in [0.1, 0.15) is 11.1 Å². The molecule has 7 heteroatoms. The summed E-state index contributed by atoms with van der Waals surface area (Å²) in [7, 11) is -3.16. The minimum Gasteiger partial charge on any atom is -0.325 e. The maximum atomic E-state index is 12.5. The van der Waals surface area contributed by atoms with E-state index >= 15 is 0 Å². The van der Waals surface area contributed by atoms with Gasteiger partial charge in [-0.2, -0.15) is 4.31 Å². The monoisotopic (exact) mass is 387 g/mol. The summed E-state index contributed by atoms with van der Waals surface area (Å²) in [6.45, 7) is 2.24. The molecule has 0 atom stereocenters. The lowest BCUT2D eigenvalue weighted by molar-refractivity contribution is -0.117. The van der Waals surface area contributed by atoms with Crippen LogP contribution in [-0.4, -0.2) is 62.5 Å². The molecule has 3 rings (SSSR count). The largest absolute Gasteiger partial charge is 0.325 e. The van der Waals surface area contributed by atoms with Crippen molar-refractivity contribution in [3.05, 3.63) is 65.7 Å². The number of hydrogen-bond donors (Lipinski definition) is 1. The predicted octanol–water partition coefficient (Wildman–Crippen LogP) is 1.79. The van der Waals surface area contributed by atoms with Crippen LogP contribution in [0.3, 0.4) is 0 Å². The Labute approximate surface area is 160 Å². The van der Waals surface area contributed by atoms with E-state index in [0.29, 0.717) is 26.2 Å². The van der Waals surface area contributed by atoms with E-state index in [1.54, 1.807) is 0 Å². The zero-order valence-electron chi connectivity index (χ0n) is 15.5. The van der Waals surface area contributed by atoms with E-state index in [1.165, 1.54) is 16.1 Å². The predicted molar refractivity (Wildman–Crippen MR) is 107 cm³/mol. The van der Waals surface area contributed by atoms with Crippen LogP contribution in [0, 0.1) is 0 Å². The second kappa shape index (κ2) is 8.65. The minimum absolute atomic E-state index is 0.0803. The van der Waals surface area contributed by atoms with Crippen molar-refractivity contribution in [3.8, 4) is 0 Å². The molecule has 2 aromatic rings. The highest BCUT2D eigenvalue weighted by molar-refractivity contribution is 7.88. The zero-order chi connectivity index (χ0) is 19.3. The van der Waals surface area contributed by atoms with Gasteiger partial charge in [0.05, 0.1) is 12.8 Å². The van der Waals surface area contributed by atoms with Crippen LogP contribution in [0.2, 0.25) is 0 Å². The smallest absolute Gasteiger partial charge is 0.238 e. The number of amides is 1. The summed E-state index contributed by atoms with van der Waals surface area (Å²) < 4.78 is 24.6. The standard InChI is InChI=1S/C20H25N3O3S/c1-27(25,26)23-13-11-22(12-14-23)16-20(24)21-19-10-6-5-9-18(19)15-17-7-3-2-4-8-17/h2-10H,11-16H2,1H3,(H,21,24). The van der Waals surface area contributed by atoms with Crippen LogP contribution in [-0.2, 0) is 21.2 Å². The van der Waals surface area contributed by atoms with Gasteiger partial charge in [-0.1, -0.05) is 48.5 Å². The number of para-hydroxylation sites is 1. The second-order valence-corrected chi connectivity index (χ2v) is 8.79. The summed E-state index contributed by atoms with van der Waals surface area (Å²) in [4.78, 5) is 14.5. The maximum absolute atomic E-state index is 12.5. The van der Waals surface area contributed by atoms with E-state index in [4.69, 9.17) is 0 Å². The van der Waals surface area contributed by atoms with Gasteiger partial charge in [0.2, 0.25) is 15.9 Å². The van der Waals surface area contributed by atoms with Gasteiger partial charge in [0.15, 0.2) is 0 Å². The molecule has 1 amide bonds. The van der Waals surface area contributed by atoms with Crippen LogP contribution in [0.25, 0.3) is 0 Å². The van der Waals surface area contributed by atoms with Crippen LogP contribution in [0.5, 0.6) is 0 Å². The Bertz CT molecular complexity index is 876. The lowest BCUT2D eigenvalue weighted by Gasteiger charge is -2.32. The molecule has 0 aromatic heterocycles. The molecule has 1 fully saturated rings. The van der Waals surface area contributed by atoms with Crippen molar-refractivity contribution in [1.29, 1.82) is 0 Å². The van der Waals surface area contributed by atoms with Gasteiger partial charge >= 0.3 is 0 Å². The lowest BCUT2D eigenvalue weighted by Crippen LogP contribution is -2.50. The number of rotatable bonds is 6. The molecule has 144 valence electrons. The number of nitrogens with one attached hydrogen (secondary N) is 1. The number of piperazine rings is 1. The van der Waals surface area contributed by atoms with E-state index < -0.39 is 10.0 Å². The first-order chi connectivity index (χ1) is 12.9. The number of carbonyl (C=O) groups excluding carboxylic acids is 1. The van der Waals surface area contributed by atoms with Gasteiger partial charge in [-0.15, -0.1) is 0 Å². The Balaban J connectivity index is 1.57. The van der Waals surface area contributed by atoms with Crippen molar-refractivity contribution in [1.82, 2.24) is 9.21 Å². The fraction of sp³-hybridized carbons (Fsp3) is 0.350. The first-order valence-electron chi connectivity index (χ1n) is 9.01. The molecule has 0 bridgehead atoms. The van der Waals surface area contributed by atoms with E-state index in [-0.39, 0.29) is 12.5 Å². The Hall–Kier alpha value is -2.22. The highest BCUT2D eigenvalue weighted by Gasteiger charge is 2.24. The molecule has 27 heavy (non-hydrogen) atoms. The van der Waals surface area contributed by atoms with Crippen LogP contribution < -0.4 is 5.32 Å². The van der Waals surface area contributed by atoms with Gasteiger partial charge in [0.1, 0.15) is 0 Å². The average Bonchev–Trinajstić information content (AvgIpc) is 2.64. The number of benzene rings is 2. The Morgan fingerprint density at radius 1 is 0.963 bits per heavy atom. The van der Waals surface area contributed by atoms with Crippen molar-refractivity contribution in [2.24, 2.45) is 0 Å². The second-order valence-electron chi connectivity index (χ2n) is 6.81. The topological polar surface area (TPSA) is 69.7 Å².